The summed E-state index contributed by atoms with van der Waals surface area (Å²) in [4.78, 5) is 13.1. The van der Waals surface area contributed by atoms with E-state index in [1.165, 1.54) is 4.90 Å². The molecule has 2 nitrogen and oxygen atoms in total. The average molecular weight is 415 g/mol. The van der Waals surface area contributed by atoms with Gasteiger partial charge in [-0.05, 0) is 46.3 Å². The zero-order valence-electron chi connectivity index (χ0n) is 10.6. The lowest BCUT2D eigenvalue weighted by Crippen LogP contribution is -2.12. The van der Waals surface area contributed by atoms with Crippen molar-refractivity contribution in [2.75, 3.05) is 11.1 Å². The lowest BCUT2D eigenvalue weighted by Gasteiger charge is -2.07. The Bertz CT molecular complexity index is 590. The van der Waals surface area contributed by atoms with Crippen molar-refractivity contribution in [3.8, 4) is 0 Å². The van der Waals surface area contributed by atoms with Crippen molar-refractivity contribution in [2.24, 2.45) is 0 Å². The first-order valence-electron chi connectivity index (χ1n) is 6.08. The molecule has 0 spiro atoms. The zero-order chi connectivity index (χ0) is 14.4. The maximum absolute atomic E-state index is 11.9. The number of carbonyl (C=O) groups excluding carboxylic acids is 1. The van der Waals surface area contributed by atoms with Gasteiger partial charge in [0.25, 0.3) is 0 Å². The van der Waals surface area contributed by atoms with Gasteiger partial charge in [0.15, 0.2) is 0 Å². The fourth-order valence-corrected chi connectivity index (χ4v) is 3.60. The van der Waals surface area contributed by atoms with Gasteiger partial charge in [-0.15, -0.1) is 11.8 Å². The molecular formula is C15H13Br2NOS. The molecule has 20 heavy (non-hydrogen) atoms. The predicted molar refractivity (Wildman–Crippen MR) is 92.3 cm³/mol. The van der Waals surface area contributed by atoms with Crippen molar-refractivity contribution >= 4 is 55.2 Å². The molecule has 1 amide bonds. The molecule has 0 saturated carbocycles. The normalized spacial score (nSPS) is 10.3. The quantitative estimate of drug-likeness (QED) is 0.669. The van der Waals surface area contributed by atoms with Gasteiger partial charge in [0.05, 0.1) is 5.69 Å². The van der Waals surface area contributed by atoms with Crippen LogP contribution in [0.25, 0.3) is 0 Å². The van der Waals surface area contributed by atoms with E-state index >= 15 is 0 Å². The third kappa shape index (κ3) is 4.96. The molecule has 104 valence electrons. The van der Waals surface area contributed by atoms with Crippen LogP contribution in [0.15, 0.2) is 62.4 Å². The highest BCUT2D eigenvalue weighted by molar-refractivity contribution is 9.11. The SMILES string of the molecule is O=C(CCSc1ccccc1)Nc1ccc(Br)cc1Br. The number of hydrogen-bond donors (Lipinski definition) is 1. The van der Waals surface area contributed by atoms with Crippen LogP contribution in [0.5, 0.6) is 0 Å². The van der Waals surface area contributed by atoms with E-state index in [2.05, 4.69) is 37.2 Å². The second-order valence-corrected chi connectivity index (χ2v) is 7.02. The van der Waals surface area contributed by atoms with Gasteiger partial charge in [-0.25, -0.2) is 0 Å². The molecule has 0 radical (unpaired) electrons. The molecule has 0 bridgehead atoms. The number of amides is 1. The van der Waals surface area contributed by atoms with Crippen LogP contribution in [0.3, 0.4) is 0 Å². The summed E-state index contributed by atoms with van der Waals surface area (Å²) in [5, 5.41) is 2.90. The van der Waals surface area contributed by atoms with Crippen molar-refractivity contribution in [1.29, 1.82) is 0 Å². The van der Waals surface area contributed by atoms with E-state index in [1.54, 1.807) is 11.8 Å². The molecular weight excluding hydrogens is 402 g/mol. The molecule has 2 rings (SSSR count). The Hall–Kier alpha value is -0.780. The lowest BCUT2D eigenvalue weighted by atomic mass is 10.3. The molecule has 0 aliphatic carbocycles. The molecule has 0 heterocycles. The summed E-state index contributed by atoms with van der Waals surface area (Å²) in [6.45, 7) is 0. The van der Waals surface area contributed by atoms with Crippen molar-refractivity contribution in [1.82, 2.24) is 0 Å². The molecule has 2 aromatic rings. The van der Waals surface area contributed by atoms with Gasteiger partial charge in [-0.3, -0.25) is 4.79 Å². The molecule has 1 N–H and O–H groups in total. The highest BCUT2D eigenvalue weighted by atomic mass is 79.9. The maximum atomic E-state index is 11.9. The second-order valence-electron chi connectivity index (χ2n) is 4.08. The topological polar surface area (TPSA) is 29.1 Å². The summed E-state index contributed by atoms with van der Waals surface area (Å²) in [6.07, 6.45) is 0.488. The van der Waals surface area contributed by atoms with Gasteiger partial charge in [0.1, 0.15) is 0 Å². The minimum absolute atomic E-state index is 0.0245. The number of rotatable bonds is 5. The minimum Gasteiger partial charge on any atom is -0.325 e. The minimum atomic E-state index is 0.0245. The van der Waals surface area contributed by atoms with Crippen molar-refractivity contribution in [3.63, 3.8) is 0 Å². The van der Waals surface area contributed by atoms with Gasteiger partial charge in [0.2, 0.25) is 5.91 Å². The van der Waals surface area contributed by atoms with E-state index in [0.717, 1.165) is 20.4 Å². The summed E-state index contributed by atoms with van der Waals surface area (Å²) < 4.78 is 1.85. The number of hydrogen-bond acceptors (Lipinski definition) is 2. The van der Waals surface area contributed by atoms with Crippen LogP contribution in [0, 0.1) is 0 Å². The van der Waals surface area contributed by atoms with Crippen molar-refractivity contribution in [3.05, 3.63) is 57.5 Å². The van der Waals surface area contributed by atoms with Crippen LogP contribution < -0.4 is 5.32 Å². The van der Waals surface area contributed by atoms with E-state index in [0.29, 0.717) is 6.42 Å². The van der Waals surface area contributed by atoms with Crippen LogP contribution in [0.2, 0.25) is 0 Å². The van der Waals surface area contributed by atoms with Gasteiger partial charge in [-0.2, -0.15) is 0 Å². The van der Waals surface area contributed by atoms with E-state index in [1.807, 2.05) is 48.5 Å². The Morgan fingerprint density at radius 3 is 2.55 bits per heavy atom. The first kappa shape index (κ1) is 15.6. The van der Waals surface area contributed by atoms with Gasteiger partial charge in [0, 0.05) is 26.0 Å². The Kier molecular flexibility index (Phi) is 6.13. The summed E-state index contributed by atoms with van der Waals surface area (Å²) in [7, 11) is 0. The smallest absolute Gasteiger partial charge is 0.225 e. The Morgan fingerprint density at radius 1 is 1.10 bits per heavy atom. The summed E-state index contributed by atoms with van der Waals surface area (Å²) in [5.74, 6) is 0.792. The van der Waals surface area contributed by atoms with Crippen LogP contribution in [0.4, 0.5) is 5.69 Å². The second kappa shape index (κ2) is 7.86. The third-order valence-corrected chi connectivity index (χ3v) is 4.71. The summed E-state index contributed by atoms with van der Waals surface area (Å²) >= 11 is 8.50. The van der Waals surface area contributed by atoms with Crippen LogP contribution >= 0.6 is 43.6 Å². The van der Waals surface area contributed by atoms with Gasteiger partial charge < -0.3 is 5.32 Å². The lowest BCUT2D eigenvalue weighted by molar-refractivity contribution is -0.115. The standard InChI is InChI=1S/C15H13Br2NOS/c16-11-6-7-14(13(17)10-11)18-15(19)8-9-20-12-4-2-1-3-5-12/h1-7,10H,8-9H2,(H,18,19). The highest BCUT2D eigenvalue weighted by Gasteiger charge is 2.06. The monoisotopic (exact) mass is 413 g/mol. The van der Waals surface area contributed by atoms with E-state index in [4.69, 9.17) is 0 Å². The fraction of sp³-hybridized carbons (Fsp3) is 0.133. The van der Waals surface area contributed by atoms with E-state index in [-0.39, 0.29) is 5.91 Å². The predicted octanol–water partition coefficient (Wildman–Crippen LogP) is 5.33. The summed E-state index contributed by atoms with van der Waals surface area (Å²) in [5.41, 5.74) is 0.794. The molecule has 0 saturated heterocycles. The maximum Gasteiger partial charge on any atom is 0.225 e. The Labute approximate surface area is 139 Å². The molecule has 0 aromatic heterocycles. The van der Waals surface area contributed by atoms with E-state index < -0.39 is 0 Å². The van der Waals surface area contributed by atoms with Crippen molar-refractivity contribution in [2.45, 2.75) is 11.3 Å². The molecule has 0 unspecified atom stereocenters. The number of anilines is 1. The molecule has 5 heteroatoms. The fourth-order valence-electron chi connectivity index (χ4n) is 1.58. The van der Waals surface area contributed by atoms with Gasteiger partial charge >= 0.3 is 0 Å². The highest BCUT2D eigenvalue weighted by Crippen LogP contribution is 2.26. The van der Waals surface area contributed by atoms with Crippen molar-refractivity contribution < 1.29 is 4.79 Å². The number of halogens is 2. The third-order valence-electron chi connectivity index (χ3n) is 2.55. The zero-order valence-corrected chi connectivity index (χ0v) is 14.6. The molecule has 0 fully saturated rings. The number of carbonyl (C=O) groups is 1. The molecule has 0 aliphatic heterocycles. The first-order valence-corrected chi connectivity index (χ1v) is 8.65. The number of nitrogens with one attached hydrogen (secondary N) is 1. The van der Waals surface area contributed by atoms with Crippen LogP contribution in [-0.4, -0.2) is 11.7 Å². The first-order chi connectivity index (χ1) is 9.65. The Morgan fingerprint density at radius 2 is 1.85 bits per heavy atom. The Balaban J connectivity index is 1.81. The number of benzene rings is 2. The average Bonchev–Trinajstić information content (AvgIpc) is 2.43. The van der Waals surface area contributed by atoms with Crippen LogP contribution in [0.1, 0.15) is 6.42 Å². The van der Waals surface area contributed by atoms with Gasteiger partial charge in [-0.1, -0.05) is 34.1 Å². The number of thioether (sulfide) groups is 1. The molecule has 0 aliphatic rings. The van der Waals surface area contributed by atoms with E-state index in [9.17, 15) is 4.79 Å². The van der Waals surface area contributed by atoms with Crippen LogP contribution in [-0.2, 0) is 4.79 Å². The largest absolute Gasteiger partial charge is 0.325 e. The molecule has 0 atom stereocenters. The molecule has 2 aromatic carbocycles. The summed E-state index contributed by atoms with van der Waals surface area (Å²) in [6, 6.07) is 15.8.